The molecule has 1 aromatic carbocycles. The molecule has 2 amide bonds. The number of nitrogens with zero attached hydrogens (tertiary/aromatic N) is 5. The molecular formula is C28H26ClF3N8O4. The number of hydrogen-bond donors (Lipinski definition) is 4. The van der Waals surface area contributed by atoms with Gasteiger partial charge < -0.3 is 30.9 Å². The number of aromatic nitrogens is 4. The molecule has 16 heteroatoms. The predicted octanol–water partition coefficient (Wildman–Crippen LogP) is 2.52. The zero-order valence-electron chi connectivity index (χ0n) is 23.3. The van der Waals surface area contributed by atoms with Gasteiger partial charge in [-0.1, -0.05) is 11.6 Å². The first-order valence-electron chi connectivity index (χ1n) is 13.7. The summed E-state index contributed by atoms with van der Waals surface area (Å²) in [6.45, 7) is 3.66. The summed E-state index contributed by atoms with van der Waals surface area (Å²) in [5, 5.41) is 15.2. The third-order valence-corrected chi connectivity index (χ3v) is 8.22. The largest absolute Gasteiger partial charge is 0.504 e. The van der Waals surface area contributed by atoms with Crippen molar-refractivity contribution in [2.45, 2.75) is 38.9 Å². The van der Waals surface area contributed by atoms with Crippen molar-refractivity contribution in [3.05, 3.63) is 62.7 Å². The van der Waals surface area contributed by atoms with E-state index in [0.29, 0.717) is 44.8 Å². The van der Waals surface area contributed by atoms with E-state index in [1.807, 2.05) is 11.8 Å². The molecule has 44 heavy (non-hydrogen) atoms. The van der Waals surface area contributed by atoms with Crippen LogP contribution < -0.4 is 26.8 Å². The van der Waals surface area contributed by atoms with E-state index in [4.69, 9.17) is 17.3 Å². The number of piperazine rings is 1. The SMILES string of the molecule is CC1CNCCN1c1cc(NC(=O)Cn2cc(-c3cc(C(N)=O)c(O)c(F)c3F)c3c(=O)n4c(nc32)CCC4)c(Cl)c(F)n1. The monoisotopic (exact) mass is 630 g/mol. The molecule has 3 aromatic heterocycles. The van der Waals surface area contributed by atoms with Crippen LogP contribution in [0.15, 0.2) is 23.1 Å². The third kappa shape index (κ3) is 4.91. The summed E-state index contributed by atoms with van der Waals surface area (Å²) in [5.41, 5.74) is 3.26. The molecule has 230 valence electrons. The van der Waals surface area contributed by atoms with Gasteiger partial charge in [-0.2, -0.15) is 8.78 Å². The number of rotatable bonds is 6. The fourth-order valence-electron chi connectivity index (χ4n) is 5.70. The van der Waals surface area contributed by atoms with Crippen LogP contribution in [0.2, 0.25) is 5.02 Å². The molecule has 1 saturated heterocycles. The molecule has 0 radical (unpaired) electrons. The molecule has 5 heterocycles. The van der Waals surface area contributed by atoms with Crippen LogP contribution in [0.3, 0.4) is 0 Å². The van der Waals surface area contributed by atoms with Crippen molar-refractivity contribution in [1.82, 2.24) is 24.4 Å². The number of anilines is 2. The highest BCUT2D eigenvalue weighted by Gasteiger charge is 2.28. The standard InChI is InChI=1S/C28H26ClF3N8O4/c1-12-9-34-4-6-39(12)18-8-16(21(29)25(32)36-18)35-19(41)11-38-10-15(13-7-14(26(33)43)24(42)23(31)22(13)30)20-27(38)37-17-3-2-5-40(17)28(20)44/h7-8,10,12,34,42H,2-6,9,11H2,1H3,(H2,33,43)(H,35,36,41). The first-order chi connectivity index (χ1) is 21.0. The molecule has 5 N–H and O–H groups in total. The van der Waals surface area contributed by atoms with E-state index in [9.17, 15) is 28.3 Å². The van der Waals surface area contributed by atoms with Gasteiger partial charge in [0.2, 0.25) is 17.7 Å². The van der Waals surface area contributed by atoms with Gasteiger partial charge >= 0.3 is 0 Å². The average molecular weight is 631 g/mol. The highest BCUT2D eigenvalue weighted by Crippen LogP contribution is 2.36. The van der Waals surface area contributed by atoms with Gasteiger partial charge in [0.15, 0.2) is 11.6 Å². The van der Waals surface area contributed by atoms with Crippen LogP contribution >= 0.6 is 11.6 Å². The number of nitrogens with two attached hydrogens (primary N) is 1. The second kappa shape index (κ2) is 11.1. The summed E-state index contributed by atoms with van der Waals surface area (Å²) in [6.07, 6.45) is 2.32. The number of carbonyl (C=O) groups excluding carboxylic acids is 2. The fraction of sp³-hybridized carbons (Fsp3) is 0.321. The number of pyridine rings is 1. The van der Waals surface area contributed by atoms with Crippen LogP contribution in [0, 0.1) is 17.6 Å². The zero-order chi connectivity index (χ0) is 31.4. The Bertz CT molecular complexity index is 1930. The fourth-order valence-corrected chi connectivity index (χ4v) is 5.85. The van der Waals surface area contributed by atoms with E-state index in [1.165, 1.54) is 21.4 Å². The summed E-state index contributed by atoms with van der Waals surface area (Å²) in [6, 6.07) is 2.30. The number of phenols is 1. The summed E-state index contributed by atoms with van der Waals surface area (Å²) in [5.74, 6) is -6.70. The number of amides is 2. The van der Waals surface area contributed by atoms with Crippen molar-refractivity contribution < 1.29 is 27.9 Å². The smallest absolute Gasteiger partial charge is 0.263 e. The minimum absolute atomic E-state index is 0.00259. The van der Waals surface area contributed by atoms with Gasteiger partial charge in [0.05, 0.1) is 16.6 Å². The molecule has 0 saturated carbocycles. The Hall–Kier alpha value is -4.63. The first-order valence-corrected chi connectivity index (χ1v) is 14.1. The number of aromatic hydroxyl groups is 1. The Morgan fingerprint density at radius 3 is 2.68 bits per heavy atom. The Morgan fingerprint density at radius 2 is 1.95 bits per heavy atom. The quantitative estimate of drug-likeness (QED) is 0.237. The maximum Gasteiger partial charge on any atom is 0.263 e. The van der Waals surface area contributed by atoms with Gasteiger partial charge in [-0.3, -0.25) is 19.0 Å². The van der Waals surface area contributed by atoms with Crippen molar-refractivity contribution in [3.63, 3.8) is 0 Å². The van der Waals surface area contributed by atoms with Gasteiger partial charge in [0.1, 0.15) is 28.9 Å². The maximum absolute atomic E-state index is 15.2. The zero-order valence-corrected chi connectivity index (χ0v) is 24.0. The van der Waals surface area contributed by atoms with Crippen LogP contribution in [0.4, 0.5) is 24.7 Å². The normalized spacial score (nSPS) is 16.4. The van der Waals surface area contributed by atoms with Gasteiger partial charge in [0, 0.05) is 62.0 Å². The van der Waals surface area contributed by atoms with E-state index < -0.39 is 63.4 Å². The van der Waals surface area contributed by atoms with Crippen LogP contribution in [-0.4, -0.2) is 61.7 Å². The second-order valence-corrected chi connectivity index (χ2v) is 11.1. The number of benzene rings is 1. The van der Waals surface area contributed by atoms with Gasteiger partial charge in [-0.25, -0.2) is 14.4 Å². The number of hydrogen-bond acceptors (Lipinski definition) is 8. The minimum Gasteiger partial charge on any atom is -0.504 e. The van der Waals surface area contributed by atoms with E-state index in [1.54, 1.807) is 0 Å². The Balaban J connectivity index is 1.42. The van der Waals surface area contributed by atoms with Crippen molar-refractivity contribution in [2.75, 3.05) is 29.9 Å². The van der Waals surface area contributed by atoms with Crippen molar-refractivity contribution in [3.8, 4) is 16.9 Å². The van der Waals surface area contributed by atoms with Gasteiger partial charge in [-0.05, 0) is 19.4 Å². The van der Waals surface area contributed by atoms with E-state index in [0.717, 1.165) is 6.07 Å². The highest BCUT2D eigenvalue weighted by atomic mass is 35.5. The van der Waals surface area contributed by atoms with E-state index >= 15 is 4.39 Å². The summed E-state index contributed by atoms with van der Waals surface area (Å²) in [4.78, 5) is 49.1. The number of fused-ring (bicyclic) bond motifs is 2. The number of aryl methyl sites for hydroxylation is 1. The van der Waals surface area contributed by atoms with Crippen LogP contribution in [-0.2, 0) is 24.3 Å². The molecular weight excluding hydrogens is 605 g/mol. The summed E-state index contributed by atoms with van der Waals surface area (Å²) in [7, 11) is 0. The van der Waals surface area contributed by atoms with Crippen molar-refractivity contribution >= 4 is 46.0 Å². The lowest BCUT2D eigenvalue weighted by Gasteiger charge is -2.35. The lowest BCUT2D eigenvalue weighted by molar-refractivity contribution is -0.116. The van der Waals surface area contributed by atoms with E-state index in [-0.39, 0.29) is 34.1 Å². The molecule has 6 rings (SSSR count). The highest BCUT2D eigenvalue weighted by molar-refractivity contribution is 6.33. The molecule has 1 atom stereocenters. The molecule has 2 aliphatic rings. The third-order valence-electron chi connectivity index (χ3n) is 7.86. The molecule has 0 bridgehead atoms. The number of halogens is 4. The number of nitrogens with one attached hydrogen (secondary N) is 2. The summed E-state index contributed by atoms with van der Waals surface area (Å²) < 4.78 is 47.3. The lowest BCUT2D eigenvalue weighted by atomic mass is 10.0. The molecule has 2 aliphatic heterocycles. The molecule has 12 nitrogen and oxygen atoms in total. The van der Waals surface area contributed by atoms with E-state index in [2.05, 4.69) is 20.6 Å². The average Bonchev–Trinajstić information content (AvgIpc) is 3.60. The molecule has 0 aliphatic carbocycles. The van der Waals surface area contributed by atoms with Gasteiger partial charge in [0.25, 0.3) is 11.5 Å². The molecule has 4 aromatic rings. The van der Waals surface area contributed by atoms with Crippen molar-refractivity contribution in [1.29, 1.82) is 0 Å². The molecule has 0 spiro atoms. The first kappa shape index (κ1) is 29.4. The maximum atomic E-state index is 15.2. The number of primary amides is 1. The van der Waals surface area contributed by atoms with Gasteiger partial charge in [-0.15, -0.1) is 0 Å². The topological polar surface area (TPSA) is 160 Å². The van der Waals surface area contributed by atoms with Crippen LogP contribution in [0.5, 0.6) is 5.75 Å². The lowest BCUT2D eigenvalue weighted by Crippen LogP contribution is -2.50. The number of carbonyl (C=O) groups is 2. The minimum atomic E-state index is -1.73. The predicted molar refractivity (Wildman–Crippen MR) is 155 cm³/mol. The van der Waals surface area contributed by atoms with Crippen LogP contribution in [0.1, 0.15) is 29.5 Å². The molecule has 1 unspecified atom stereocenters. The molecule has 1 fully saturated rings. The Morgan fingerprint density at radius 1 is 1.18 bits per heavy atom. The van der Waals surface area contributed by atoms with Crippen molar-refractivity contribution in [2.24, 2.45) is 5.73 Å². The second-order valence-electron chi connectivity index (χ2n) is 10.7. The summed E-state index contributed by atoms with van der Waals surface area (Å²) >= 11 is 6.16. The Kier molecular flexibility index (Phi) is 7.45. The Labute approximate surface area is 252 Å². The van der Waals surface area contributed by atoms with Crippen LogP contribution in [0.25, 0.3) is 22.2 Å².